The zero-order valence-corrected chi connectivity index (χ0v) is 13.6. The standard InChI is InChI=1S/C18H22ClNO/c1-4-20-18(15-9-8-13(2)14(3)10-15)12-21-17-7-5-6-16(19)11-17/h5-11,18,20H,4,12H2,1-3H3. The van der Waals surface area contributed by atoms with E-state index in [0.717, 1.165) is 12.3 Å². The molecule has 0 spiro atoms. The highest BCUT2D eigenvalue weighted by atomic mass is 35.5. The molecular formula is C18H22ClNO. The molecule has 0 aliphatic carbocycles. The Bertz CT molecular complexity index is 598. The Kier molecular flexibility index (Phi) is 5.66. The van der Waals surface area contributed by atoms with Gasteiger partial charge in [0.25, 0.3) is 0 Å². The number of halogens is 1. The van der Waals surface area contributed by atoms with Gasteiger partial charge in [0.1, 0.15) is 12.4 Å². The molecule has 0 aliphatic heterocycles. The van der Waals surface area contributed by atoms with Crippen LogP contribution in [-0.4, -0.2) is 13.2 Å². The molecule has 1 unspecified atom stereocenters. The van der Waals surface area contributed by atoms with Crippen LogP contribution in [0.15, 0.2) is 42.5 Å². The quantitative estimate of drug-likeness (QED) is 0.836. The number of hydrogen-bond acceptors (Lipinski definition) is 2. The molecule has 2 aromatic rings. The highest BCUT2D eigenvalue weighted by Crippen LogP contribution is 2.21. The SMILES string of the molecule is CCNC(COc1cccc(Cl)c1)c1ccc(C)c(C)c1. The van der Waals surface area contributed by atoms with Crippen molar-refractivity contribution in [2.75, 3.05) is 13.2 Å². The van der Waals surface area contributed by atoms with E-state index in [0.29, 0.717) is 11.6 Å². The first-order valence-corrected chi connectivity index (χ1v) is 7.67. The van der Waals surface area contributed by atoms with Gasteiger partial charge in [-0.3, -0.25) is 0 Å². The van der Waals surface area contributed by atoms with Crippen molar-refractivity contribution < 1.29 is 4.74 Å². The summed E-state index contributed by atoms with van der Waals surface area (Å²) in [5, 5.41) is 4.17. The van der Waals surface area contributed by atoms with Crippen LogP contribution in [0.3, 0.4) is 0 Å². The lowest BCUT2D eigenvalue weighted by atomic mass is 10.0. The van der Waals surface area contributed by atoms with Gasteiger partial charge in [0, 0.05) is 5.02 Å². The highest BCUT2D eigenvalue weighted by molar-refractivity contribution is 6.30. The average molecular weight is 304 g/mol. The summed E-state index contributed by atoms with van der Waals surface area (Å²) in [6, 6.07) is 14.2. The third kappa shape index (κ3) is 4.48. The van der Waals surface area contributed by atoms with Crippen molar-refractivity contribution in [3.05, 3.63) is 64.2 Å². The van der Waals surface area contributed by atoms with Crippen molar-refractivity contribution in [3.8, 4) is 5.75 Å². The topological polar surface area (TPSA) is 21.3 Å². The molecule has 0 heterocycles. The third-order valence-corrected chi connectivity index (χ3v) is 3.83. The Balaban J connectivity index is 2.09. The fourth-order valence-electron chi connectivity index (χ4n) is 2.24. The minimum absolute atomic E-state index is 0.174. The second-order valence-electron chi connectivity index (χ2n) is 5.22. The summed E-state index contributed by atoms with van der Waals surface area (Å²) in [5.74, 6) is 0.800. The van der Waals surface area contributed by atoms with Crippen LogP contribution in [-0.2, 0) is 0 Å². The fourth-order valence-corrected chi connectivity index (χ4v) is 2.42. The van der Waals surface area contributed by atoms with Gasteiger partial charge in [-0.25, -0.2) is 0 Å². The summed E-state index contributed by atoms with van der Waals surface area (Å²) in [6.45, 7) is 7.85. The molecule has 3 heteroatoms. The van der Waals surface area contributed by atoms with E-state index in [-0.39, 0.29) is 6.04 Å². The first-order valence-electron chi connectivity index (χ1n) is 7.29. The van der Waals surface area contributed by atoms with Gasteiger partial charge in [-0.2, -0.15) is 0 Å². The van der Waals surface area contributed by atoms with E-state index in [1.165, 1.54) is 16.7 Å². The smallest absolute Gasteiger partial charge is 0.120 e. The van der Waals surface area contributed by atoms with Gasteiger partial charge < -0.3 is 10.1 Å². The van der Waals surface area contributed by atoms with Crippen LogP contribution in [0.2, 0.25) is 5.02 Å². The number of nitrogens with one attached hydrogen (secondary N) is 1. The molecule has 0 fully saturated rings. The molecule has 21 heavy (non-hydrogen) atoms. The van der Waals surface area contributed by atoms with Crippen LogP contribution >= 0.6 is 11.6 Å². The van der Waals surface area contributed by atoms with Crippen molar-refractivity contribution >= 4 is 11.6 Å². The Hall–Kier alpha value is -1.51. The second-order valence-corrected chi connectivity index (χ2v) is 5.66. The molecule has 1 N–H and O–H groups in total. The van der Waals surface area contributed by atoms with E-state index in [9.17, 15) is 0 Å². The molecule has 0 bridgehead atoms. The van der Waals surface area contributed by atoms with Crippen molar-refractivity contribution in [1.82, 2.24) is 5.32 Å². The van der Waals surface area contributed by atoms with Gasteiger partial charge in [0.05, 0.1) is 6.04 Å². The molecule has 0 saturated heterocycles. The summed E-state index contributed by atoms with van der Waals surface area (Å²) >= 11 is 5.98. The van der Waals surface area contributed by atoms with E-state index >= 15 is 0 Å². The minimum Gasteiger partial charge on any atom is -0.492 e. The fraction of sp³-hybridized carbons (Fsp3) is 0.333. The molecule has 2 rings (SSSR count). The van der Waals surface area contributed by atoms with E-state index in [2.05, 4.69) is 44.3 Å². The first kappa shape index (κ1) is 15.9. The maximum absolute atomic E-state index is 5.98. The summed E-state index contributed by atoms with van der Waals surface area (Å²) < 4.78 is 5.88. The zero-order valence-electron chi connectivity index (χ0n) is 12.8. The molecular weight excluding hydrogens is 282 g/mol. The minimum atomic E-state index is 0.174. The molecule has 0 aromatic heterocycles. The normalized spacial score (nSPS) is 12.2. The van der Waals surface area contributed by atoms with Crippen LogP contribution in [0.25, 0.3) is 0 Å². The van der Waals surface area contributed by atoms with Crippen molar-refractivity contribution in [2.45, 2.75) is 26.8 Å². The summed E-state index contributed by atoms with van der Waals surface area (Å²) in [6.07, 6.45) is 0. The molecule has 112 valence electrons. The average Bonchev–Trinajstić information content (AvgIpc) is 2.46. The predicted octanol–water partition coefficient (Wildman–Crippen LogP) is 4.69. The molecule has 0 aliphatic rings. The van der Waals surface area contributed by atoms with Crippen molar-refractivity contribution in [1.29, 1.82) is 0 Å². The lowest BCUT2D eigenvalue weighted by molar-refractivity contribution is 0.268. The number of rotatable bonds is 6. The van der Waals surface area contributed by atoms with E-state index in [1.54, 1.807) is 0 Å². The largest absolute Gasteiger partial charge is 0.492 e. The predicted molar refractivity (Wildman–Crippen MR) is 89.3 cm³/mol. The lowest BCUT2D eigenvalue weighted by Crippen LogP contribution is -2.26. The van der Waals surface area contributed by atoms with Gasteiger partial charge in [-0.1, -0.05) is 42.8 Å². The number of aryl methyl sites for hydroxylation is 2. The highest BCUT2D eigenvalue weighted by Gasteiger charge is 2.12. The number of benzene rings is 2. The summed E-state index contributed by atoms with van der Waals surface area (Å²) in [5.41, 5.74) is 3.87. The van der Waals surface area contributed by atoms with Crippen LogP contribution in [0, 0.1) is 13.8 Å². The van der Waals surface area contributed by atoms with Crippen LogP contribution in [0.4, 0.5) is 0 Å². The monoisotopic (exact) mass is 303 g/mol. The zero-order chi connectivity index (χ0) is 15.2. The molecule has 0 saturated carbocycles. The van der Waals surface area contributed by atoms with Gasteiger partial charge in [0.2, 0.25) is 0 Å². The Morgan fingerprint density at radius 1 is 1.10 bits per heavy atom. The van der Waals surface area contributed by atoms with E-state index in [1.807, 2.05) is 24.3 Å². The number of ether oxygens (including phenoxy) is 1. The van der Waals surface area contributed by atoms with E-state index in [4.69, 9.17) is 16.3 Å². The van der Waals surface area contributed by atoms with Crippen LogP contribution in [0.5, 0.6) is 5.75 Å². The lowest BCUT2D eigenvalue weighted by Gasteiger charge is -2.20. The van der Waals surface area contributed by atoms with Crippen molar-refractivity contribution in [3.63, 3.8) is 0 Å². The van der Waals surface area contributed by atoms with Gasteiger partial charge in [-0.05, 0) is 55.3 Å². The molecule has 2 aromatic carbocycles. The van der Waals surface area contributed by atoms with E-state index < -0.39 is 0 Å². The maximum atomic E-state index is 5.98. The van der Waals surface area contributed by atoms with Gasteiger partial charge >= 0.3 is 0 Å². The summed E-state index contributed by atoms with van der Waals surface area (Å²) in [4.78, 5) is 0. The van der Waals surface area contributed by atoms with Gasteiger partial charge in [-0.15, -0.1) is 0 Å². The number of likely N-dealkylation sites (N-methyl/N-ethyl adjacent to an activating group) is 1. The first-order chi connectivity index (χ1) is 10.1. The molecule has 0 amide bonds. The van der Waals surface area contributed by atoms with Crippen molar-refractivity contribution in [2.24, 2.45) is 0 Å². The van der Waals surface area contributed by atoms with Crippen LogP contribution < -0.4 is 10.1 Å². The molecule has 2 nitrogen and oxygen atoms in total. The Morgan fingerprint density at radius 3 is 2.57 bits per heavy atom. The second kappa shape index (κ2) is 7.48. The molecule has 0 radical (unpaired) electrons. The Labute approximate surface area is 132 Å². The molecule has 1 atom stereocenters. The van der Waals surface area contributed by atoms with Crippen LogP contribution in [0.1, 0.15) is 29.7 Å². The third-order valence-electron chi connectivity index (χ3n) is 3.60. The maximum Gasteiger partial charge on any atom is 0.120 e. The van der Waals surface area contributed by atoms with Gasteiger partial charge in [0.15, 0.2) is 0 Å². The summed E-state index contributed by atoms with van der Waals surface area (Å²) in [7, 11) is 0. The number of hydrogen-bond donors (Lipinski definition) is 1. The Morgan fingerprint density at radius 2 is 1.90 bits per heavy atom.